The van der Waals surface area contributed by atoms with Crippen molar-refractivity contribution in [2.45, 2.75) is 51.9 Å². The molecular weight excluding hydrogens is 849 g/mol. The summed E-state index contributed by atoms with van der Waals surface area (Å²) >= 11 is 0. The quantitative estimate of drug-likeness (QED) is 0.167. The molecule has 70 heavy (non-hydrogen) atoms. The van der Waals surface area contributed by atoms with Gasteiger partial charge >= 0.3 is 0 Å². The molecule has 0 spiro atoms. The van der Waals surface area contributed by atoms with Gasteiger partial charge in [-0.05, 0) is 106 Å². The number of aromatic nitrogens is 4. The Morgan fingerprint density at radius 3 is 1.27 bits per heavy atom. The number of fused-ring (bicyclic) bond motifs is 10. The zero-order valence-corrected chi connectivity index (χ0v) is 40.0. The van der Waals surface area contributed by atoms with Crippen LogP contribution in [0.5, 0.6) is 0 Å². The fraction of sp³-hybridized carbons (Fsp3) is 0.121. The first-order chi connectivity index (χ1) is 34.2. The van der Waals surface area contributed by atoms with Crippen LogP contribution in [-0.2, 0) is 17.3 Å². The third-order valence-corrected chi connectivity index (χ3v) is 15.9. The lowest BCUT2D eigenvalue weighted by atomic mass is 9.74. The Bertz CT molecular complexity index is 4130. The van der Waals surface area contributed by atoms with Gasteiger partial charge in [-0.2, -0.15) is 0 Å². The summed E-state index contributed by atoms with van der Waals surface area (Å²) in [6.45, 7) is 11.7. The molecule has 0 fully saturated rings. The van der Waals surface area contributed by atoms with Gasteiger partial charge in [-0.15, -0.1) is 0 Å². The van der Waals surface area contributed by atoms with Gasteiger partial charge < -0.3 is 9.13 Å². The van der Waals surface area contributed by atoms with Gasteiger partial charge in [-0.3, -0.25) is 0 Å². The van der Waals surface area contributed by atoms with Crippen LogP contribution in [0.4, 0.5) is 0 Å². The van der Waals surface area contributed by atoms with Crippen molar-refractivity contribution in [1.82, 2.24) is 19.1 Å². The van der Waals surface area contributed by atoms with E-state index in [1.165, 1.54) is 99.5 Å². The van der Waals surface area contributed by atoms with Crippen molar-refractivity contribution in [2.75, 3.05) is 0 Å². The van der Waals surface area contributed by atoms with Gasteiger partial charge in [0.2, 0.25) is 0 Å². The molecule has 334 valence electrons. The number of hydrogen-bond donors (Lipinski definition) is 0. The van der Waals surface area contributed by atoms with Crippen LogP contribution in [0.25, 0.3) is 111 Å². The van der Waals surface area contributed by atoms with Crippen molar-refractivity contribution in [3.8, 4) is 67.5 Å². The monoisotopic (exact) mass is 898 g/mol. The van der Waals surface area contributed by atoms with Gasteiger partial charge in [0.25, 0.3) is 0 Å². The lowest BCUT2D eigenvalue weighted by molar-refractivity contribution is 0.630. The molecule has 0 bridgehead atoms. The van der Waals surface area contributed by atoms with E-state index in [4.69, 9.17) is 9.97 Å². The Kier molecular flexibility index (Phi) is 8.62. The molecule has 12 aromatic rings. The van der Waals surface area contributed by atoms with E-state index in [1.54, 1.807) is 0 Å². The second-order valence-corrected chi connectivity index (χ2v) is 20.4. The van der Waals surface area contributed by atoms with Crippen molar-refractivity contribution in [3.05, 3.63) is 228 Å². The van der Waals surface area contributed by atoms with Crippen LogP contribution in [0.2, 0.25) is 0 Å². The molecule has 5 heterocycles. The van der Waals surface area contributed by atoms with Gasteiger partial charge in [0.05, 0.1) is 44.8 Å². The molecular formula is C66H50N4. The van der Waals surface area contributed by atoms with E-state index in [2.05, 4.69) is 244 Å². The highest BCUT2D eigenvalue weighted by molar-refractivity contribution is 6.14. The molecule has 0 unspecified atom stereocenters. The van der Waals surface area contributed by atoms with E-state index in [-0.39, 0.29) is 10.8 Å². The minimum atomic E-state index is -0.205. The highest BCUT2D eigenvalue weighted by atomic mass is 15.0. The Morgan fingerprint density at radius 1 is 0.357 bits per heavy atom. The van der Waals surface area contributed by atoms with Crippen molar-refractivity contribution in [3.63, 3.8) is 0 Å². The largest absolute Gasteiger partial charge is 0.309 e. The maximum atomic E-state index is 5.63. The fourth-order valence-corrected chi connectivity index (χ4v) is 12.3. The van der Waals surface area contributed by atoms with Crippen LogP contribution in [0.3, 0.4) is 0 Å². The summed E-state index contributed by atoms with van der Waals surface area (Å²) in [5.41, 5.74) is 23.6. The molecule has 3 aromatic heterocycles. The molecule has 4 heteroatoms. The van der Waals surface area contributed by atoms with E-state index in [1.807, 2.05) is 0 Å². The second-order valence-electron chi connectivity index (χ2n) is 20.4. The van der Waals surface area contributed by atoms with Crippen molar-refractivity contribution >= 4 is 43.6 Å². The van der Waals surface area contributed by atoms with E-state index in [0.29, 0.717) is 0 Å². The van der Waals surface area contributed by atoms with E-state index in [0.717, 1.165) is 45.9 Å². The maximum Gasteiger partial charge on any atom is 0.160 e. The number of para-hydroxylation sites is 2. The first kappa shape index (κ1) is 40.7. The second kappa shape index (κ2) is 14.8. The molecule has 14 rings (SSSR count). The lowest BCUT2D eigenvalue weighted by Crippen LogP contribution is -2.26. The van der Waals surface area contributed by atoms with E-state index >= 15 is 0 Å². The molecule has 0 atom stereocenters. The number of rotatable bonds is 6. The van der Waals surface area contributed by atoms with Crippen molar-refractivity contribution in [1.29, 1.82) is 0 Å². The van der Waals surface area contributed by atoms with Gasteiger partial charge in [0, 0.05) is 54.6 Å². The molecule has 4 nitrogen and oxygen atoms in total. The standard InChI is InChI=1S/C66H50N4/c1-6-47-60(42-22-14-9-15-23-42)67-64(46-31-33-57-51(37-46)49-25-17-27-53-63(49)70(57)59-35-29-44(39-55(59)66(53,4)5)41-20-12-8-13-21-41)68-61(47)45-30-32-56-50(36-45)48-24-16-26-52-62(48)69(56)58-34-28-43(38-54(58)65(52,2)3)40-18-10-7-11-19-40/h7-39H,6H2,1-5H3. The van der Waals surface area contributed by atoms with E-state index < -0.39 is 0 Å². The molecule has 0 saturated heterocycles. The molecule has 0 N–H and O–H groups in total. The summed E-state index contributed by atoms with van der Waals surface area (Å²) in [4.78, 5) is 11.1. The van der Waals surface area contributed by atoms with Crippen molar-refractivity contribution < 1.29 is 0 Å². The third kappa shape index (κ3) is 5.71. The normalized spacial score (nSPS) is 14.1. The fourth-order valence-electron chi connectivity index (χ4n) is 12.3. The Morgan fingerprint density at radius 2 is 0.786 bits per heavy atom. The number of benzene rings is 9. The highest BCUT2D eigenvalue weighted by Gasteiger charge is 2.37. The van der Waals surface area contributed by atoms with Crippen molar-refractivity contribution in [2.24, 2.45) is 0 Å². The first-order valence-electron chi connectivity index (χ1n) is 24.7. The van der Waals surface area contributed by atoms with Gasteiger partial charge in [0.1, 0.15) is 0 Å². The Hall–Kier alpha value is -8.34. The van der Waals surface area contributed by atoms with Crippen LogP contribution in [0.15, 0.2) is 200 Å². The van der Waals surface area contributed by atoms with Crippen LogP contribution in [-0.4, -0.2) is 19.1 Å². The Balaban J connectivity index is 0.962. The predicted molar refractivity (Wildman–Crippen MR) is 292 cm³/mol. The average Bonchev–Trinajstić information content (AvgIpc) is 3.92. The summed E-state index contributed by atoms with van der Waals surface area (Å²) in [7, 11) is 0. The topological polar surface area (TPSA) is 35.6 Å². The number of nitrogens with zero attached hydrogens (tertiary/aromatic N) is 4. The lowest BCUT2D eigenvalue weighted by Gasteiger charge is -2.35. The van der Waals surface area contributed by atoms with Gasteiger partial charge in [0.15, 0.2) is 5.82 Å². The van der Waals surface area contributed by atoms with Crippen LogP contribution >= 0.6 is 0 Å². The predicted octanol–water partition coefficient (Wildman–Crippen LogP) is 16.8. The summed E-state index contributed by atoms with van der Waals surface area (Å²) < 4.78 is 5.01. The number of hydrogen-bond acceptors (Lipinski definition) is 2. The molecule has 2 aliphatic rings. The summed E-state index contributed by atoms with van der Waals surface area (Å²) in [6.07, 6.45) is 0.783. The summed E-state index contributed by atoms with van der Waals surface area (Å²) in [6, 6.07) is 73.8. The third-order valence-electron chi connectivity index (χ3n) is 15.9. The van der Waals surface area contributed by atoms with Crippen LogP contribution in [0, 0.1) is 0 Å². The zero-order valence-electron chi connectivity index (χ0n) is 40.0. The average molecular weight is 899 g/mol. The van der Waals surface area contributed by atoms with E-state index in [9.17, 15) is 0 Å². The zero-order chi connectivity index (χ0) is 47.0. The molecule has 2 aliphatic heterocycles. The molecule has 0 radical (unpaired) electrons. The highest BCUT2D eigenvalue weighted by Crippen LogP contribution is 2.51. The molecule has 0 aliphatic carbocycles. The summed E-state index contributed by atoms with van der Waals surface area (Å²) in [5, 5.41) is 4.93. The van der Waals surface area contributed by atoms with Crippen LogP contribution < -0.4 is 0 Å². The molecule has 9 aromatic carbocycles. The smallest absolute Gasteiger partial charge is 0.160 e. The summed E-state index contributed by atoms with van der Waals surface area (Å²) in [5.74, 6) is 0.723. The first-order valence-corrected chi connectivity index (χ1v) is 24.7. The molecule has 0 amide bonds. The maximum absolute atomic E-state index is 5.63. The van der Waals surface area contributed by atoms with Crippen LogP contribution in [0.1, 0.15) is 62.4 Å². The minimum absolute atomic E-state index is 0.202. The Labute approximate surface area is 408 Å². The molecule has 0 saturated carbocycles. The SMILES string of the molecule is CCc1c(-c2ccccc2)nc(-c2ccc3c(c2)c2cccc4c2n3-c2ccc(-c3ccccc3)cc2C4(C)C)nc1-c1ccc2c(c1)c1cccc3c1n2-c1ccc(-c2ccccc2)cc1C3(C)C. The van der Waals surface area contributed by atoms with Gasteiger partial charge in [-0.1, -0.05) is 180 Å². The van der Waals surface area contributed by atoms with Gasteiger partial charge in [-0.25, -0.2) is 9.97 Å². The minimum Gasteiger partial charge on any atom is -0.309 e.